The monoisotopic (exact) mass is 196 g/mol. The van der Waals surface area contributed by atoms with Crippen molar-refractivity contribution in [1.29, 1.82) is 0 Å². The van der Waals surface area contributed by atoms with Crippen molar-refractivity contribution < 1.29 is 0 Å². The zero-order valence-electron chi connectivity index (χ0n) is 10.9. The molecule has 0 aromatic heterocycles. The van der Waals surface area contributed by atoms with Crippen LogP contribution in [-0.4, -0.2) is 0 Å². The minimum atomic E-state index is 0.511. The van der Waals surface area contributed by atoms with Crippen LogP contribution in [0, 0.1) is 17.3 Å². The molecule has 0 saturated carbocycles. The lowest BCUT2D eigenvalue weighted by molar-refractivity contribution is 0.172. The third kappa shape index (κ3) is 4.30. The van der Waals surface area contributed by atoms with Gasteiger partial charge in [0.25, 0.3) is 0 Å². The average molecular weight is 196 g/mol. The van der Waals surface area contributed by atoms with Crippen LogP contribution < -0.4 is 0 Å². The minimum absolute atomic E-state index is 0.511. The fourth-order valence-corrected chi connectivity index (χ4v) is 1.96. The van der Waals surface area contributed by atoms with E-state index in [1.54, 1.807) is 0 Å². The first-order valence-electron chi connectivity index (χ1n) is 6.13. The summed E-state index contributed by atoms with van der Waals surface area (Å²) in [6, 6.07) is 0. The van der Waals surface area contributed by atoms with Crippen molar-refractivity contribution >= 4 is 0 Å². The number of allylic oxidation sites excluding steroid dienone is 2. The summed E-state index contributed by atoms with van der Waals surface area (Å²) in [6.07, 6.45) is 8.43. The Bertz CT molecular complexity index is 167. The maximum absolute atomic E-state index is 2.42. The average Bonchev–Trinajstić information content (AvgIpc) is 2.14. The van der Waals surface area contributed by atoms with E-state index in [4.69, 9.17) is 0 Å². The molecule has 0 aromatic carbocycles. The van der Waals surface area contributed by atoms with Crippen LogP contribution in [-0.2, 0) is 0 Å². The van der Waals surface area contributed by atoms with Crippen molar-refractivity contribution in [1.82, 2.24) is 0 Å². The molecule has 2 atom stereocenters. The van der Waals surface area contributed by atoms with E-state index in [9.17, 15) is 0 Å². The largest absolute Gasteiger partial charge is 0.0885 e. The second-order valence-electron chi connectivity index (χ2n) is 5.18. The van der Waals surface area contributed by atoms with Crippen LogP contribution in [0.4, 0.5) is 0 Å². The van der Waals surface area contributed by atoms with Crippen LogP contribution >= 0.6 is 0 Å². The minimum Gasteiger partial charge on any atom is -0.0885 e. The van der Waals surface area contributed by atoms with Crippen molar-refractivity contribution in [3.8, 4) is 0 Å². The van der Waals surface area contributed by atoms with Crippen LogP contribution in [0.1, 0.15) is 60.8 Å². The molecule has 0 aliphatic rings. The van der Waals surface area contributed by atoms with Crippen molar-refractivity contribution in [3.63, 3.8) is 0 Å². The van der Waals surface area contributed by atoms with Crippen molar-refractivity contribution in [2.45, 2.75) is 60.8 Å². The van der Waals surface area contributed by atoms with Gasteiger partial charge >= 0.3 is 0 Å². The Kier molecular flexibility index (Phi) is 6.15. The van der Waals surface area contributed by atoms with E-state index in [1.165, 1.54) is 12.8 Å². The van der Waals surface area contributed by atoms with Gasteiger partial charge in [-0.05, 0) is 30.1 Å². The molecule has 0 aliphatic carbocycles. The summed E-state index contributed by atoms with van der Waals surface area (Å²) >= 11 is 0. The van der Waals surface area contributed by atoms with E-state index in [1.807, 2.05) is 0 Å². The maximum atomic E-state index is 2.42. The van der Waals surface area contributed by atoms with Gasteiger partial charge in [-0.1, -0.05) is 60.1 Å². The van der Waals surface area contributed by atoms with Gasteiger partial charge in [-0.3, -0.25) is 0 Å². The SMILES string of the molecule is CCC=CC(C)CC(C)(CC)C(C)C. The van der Waals surface area contributed by atoms with E-state index in [0.29, 0.717) is 5.41 Å². The maximum Gasteiger partial charge on any atom is -0.0257 e. The van der Waals surface area contributed by atoms with Crippen LogP contribution in [0.15, 0.2) is 12.2 Å². The van der Waals surface area contributed by atoms with Gasteiger partial charge in [0.05, 0.1) is 0 Å². The standard InChI is InChI=1S/C14H28/c1-7-9-10-13(5)11-14(6,8-2)12(3)4/h9-10,12-13H,7-8,11H2,1-6H3. The zero-order chi connectivity index (χ0) is 11.2. The van der Waals surface area contributed by atoms with Gasteiger partial charge in [0.15, 0.2) is 0 Å². The molecule has 0 spiro atoms. The Hall–Kier alpha value is -0.260. The Morgan fingerprint density at radius 1 is 1.14 bits per heavy atom. The summed E-state index contributed by atoms with van der Waals surface area (Å²) in [4.78, 5) is 0. The Morgan fingerprint density at radius 3 is 2.07 bits per heavy atom. The van der Waals surface area contributed by atoms with E-state index in [-0.39, 0.29) is 0 Å². The fraction of sp³-hybridized carbons (Fsp3) is 0.857. The summed E-state index contributed by atoms with van der Waals surface area (Å²) in [7, 11) is 0. The molecular weight excluding hydrogens is 168 g/mol. The first kappa shape index (κ1) is 13.7. The lowest BCUT2D eigenvalue weighted by Gasteiger charge is -2.34. The highest BCUT2D eigenvalue weighted by Gasteiger charge is 2.27. The second-order valence-corrected chi connectivity index (χ2v) is 5.18. The molecule has 0 heteroatoms. The quantitative estimate of drug-likeness (QED) is 0.521. The first-order chi connectivity index (χ1) is 6.46. The molecule has 0 aliphatic heterocycles. The van der Waals surface area contributed by atoms with Crippen molar-refractivity contribution in [2.75, 3.05) is 0 Å². The first-order valence-corrected chi connectivity index (χ1v) is 6.13. The summed E-state index contributed by atoms with van der Waals surface area (Å²) < 4.78 is 0. The summed E-state index contributed by atoms with van der Waals surface area (Å²) in [5.74, 6) is 1.51. The third-order valence-electron chi connectivity index (χ3n) is 3.69. The summed E-state index contributed by atoms with van der Waals surface area (Å²) in [5, 5.41) is 0. The molecule has 0 nitrogen and oxygen atoms in total. The predicted molar refractivity (Wildman–Crippen MR) is 66.4 cm³/mol. The number of hydrogen-bond acceptors (Lipinski definition) is 0. The molecule has 0 fully saturated rings. The van der Waals surface area contributed by atoms with Gasteiger partial charge in [0.1, 0.15) is 0 Å². The van der Waals surface area contributed by atoms with Crippen molar-refractivity contribution in [2.24, 2.45) is 17.3 Å². The molecule has 2 unspecified atom stereocenters. The normalized spacial score (nSPS) is 18.8. The van der Waals surface area contributed by atoms with E-state index >= 15 is 0 Å². The highest BCUT2D eigenvalue weighted by Crippen LogP contribution is 2.37. The Labute approximate surface area is 90.8 Å². The van der Waals surface area contributed by atoms with Crippen LogP contribution in [0.5, 0.6) is 0 Å². The van der Waals surface area contributed by atoms with Crippen LogP contribution in [0.2, 0.25) is 0 Å². The number of rotatable bonds is 6. The highest BCUT2D eigenvalue weighted by molar-refractivity contribution is 4.89. The van der Waals surface area contributed by atoms with Gasteiger partial charge in [-0.15, -0.1) is 0 Å². The highest BCUT2D eigenvalue weighted by atomic mass is 14.3. The van der Waals surface area contributed by atoms with Gasteiger partial charge in [0.2, 0.25) is 0 Å². The van der Waals surface area contributed by atoms with Gasteiger partial charge in [-0.2, -0.15) is 0 Å². The van der Waals surface area contributed by atoms with Gasteiger partial charge in [0, 0.05) is 0 Å². The van der Waals surface area contributed by atoms with Crippen molar-refractivity contribution in [3.05, 3.63) is 12.2 Å². The third-order valence-corrected chi connectivity index (χ3v) is 3.69. The second kappa shape index (κ2) is 6.27. The zero-order valence-corrected chi connectivity index (χ0v) is 10.9. The molecule has 0 bridgehead atoms. The molecule has 0 saturated heterocycles. The van der Waals surface area contributed by atoms with Gasteiger partial charge in [-0.25, -0.2) is 0 Å². The molecule has 0 amide bonds. The molecule has 0 radical (unpaired) electrons. The lowest BCUT2D eigenvalue weighted by Crippen LogP contribution is -2.24. The molecular formula is C14H28. The molecule has 84 valence electrons. The molecule has 0 rings (SSSR count). The Balaban J connectivity index is 4.24. The smallest absolute Gasteiger partial charge is 0.0257 e. The van der Waals surface area contributed by atoms with E-state index in [2.05, 4.69) is 53.7 Å². The van der Waals surface area contributed by atoms with Crippen LogP contribution in [0.3, 0.4) is 0 Å². The van der Waals surface area contributed by atoms with E-state index < -0.39 is 0 Å². The molecule has 0 aromatic rings. The Morgan fingerprint density at radius 2 is 1.71 bits per heavy atom. The molecule has 0 N–H and O–H groups in total. The molecule has 14 heavy (non-hydrogen) atoms. The molecule has 0 heterocycles. The van der Waals surface area contributed by atoms with Gasteiger partial charge < -0.3 is 0 Å². The van der Waals surface area contributed by atoms with Crippen LogP contribution in [0.25, 0.3) is 0 Å². The predicted octanol–water partition coefficient (Wildman–Crippen LogP) is 5.05. The lowest BCUT2D eigenvalue weighted by atomic mass is 9.71. The fourth-order valence-electron chi connectivity index (χ4n) is 1.96. The summed E-state index contributed by atoms with van der Waals surface area (Å²) in [5.41, 5.74) is 0.511. The topological polar surface area (TPSA) is 0 Å². The summed E-state index contributed by atoms with van der Waals surface area (Å²) in [6.45, 7) is 14.0. The number of hydrogen-bond donors (Lipinski definition) is 0. The van der Waals surface area contributed by atoms with E-state index in [0.717, 1.165) is 18.3 Å².